The minimum Gasteiger partial charge on any atom is -0.508 e. The lowest BCUT2D eigenvalue weighted by molar-refractivity contribution is -0.188. The monoisotopic (exact) mass is 572 g/mol. The predicted molar refractivity (Wildman–Crippen MR) is 166 cm³/mol. The predicted octanol–water partition coefficient (Wildman–Crippen LogP) is 7.66. The van der Waals surface area contributed by atoms with Gasteiger partial charge in [-0.2, -0.15) is 0 Å². The van der Waals surface area contributed by atoms with Crippen molar-refractivity contribution < 1.29 is 33.6 Å². The number of aromatic hydroxyl groups is 1. The average Bonchev–Trinajstić information content (AvgIpc) is 3.01. The fourth-order valence-corrected chi connectivity index (χ4v) is 3.86. The Bertz CT molecular complexity index is 1260. The van der Waals surface area contributed by atoms with Crippen LogP contribution < -0.4 is 9.47 Å². The van der Waals surface area contributed by atoms with Gasteiger partial charge in [-0.25, -0.2) is 4.79 Å². The number of hydrogen-bond acceptors (Lipinski definition) is 7. The van der Waals surface area contributed by atoms with Crippen molar-refractivity contribution in [2.75, 3.05) is 19.8 Å². The zero-order chi connectivity index (χ0) is 30.0. The van der Waals surface area contributed by atoms with Crippen molar-refractivity contribution in [3.63, 3.8) is 0 Å². The first-order valence-corrected chi connectivity index (χ1v) is 14.1. The highest BCUT2D eigenvalue weighted by Crippen LogP contribution is 2.17. The lowest BCUT2D eigenvalue weighted by atomic mass is 10.2. The number of hydrogen-bond donors (Lipinski definition) is 1. The first kappa shape index (κ1) is 32.2. The van der Waals surface area contributed by atoms with Crippen LogP contribution in [0.25, 0.3) is 18.2 Å². The molecule has 2 atom stereocenters. The van der Waals surface area contributed by atoms with E-state index in [0.717, 1.165) is 41.7 Å². The molecular formula is C35H40O7. The third kappa shape index (κ3) is 12.5. The van der Waals surface area contributed by atoms with Crippen LogP contribution in [0.15, 0.2) is 91.5 Å². The minimum atomic E-state index is -0.409. The molecule has 1 N–H and O–H groups in total. The fraction of sp³-hybridized carbons (Fsp3) is 0.286. The van der Waals surface area contributed by atoms with Crippen molar-refractivity contribution in [3.8, 4) is 17.2 Å². The highest BCUT2D eigenvalue weighted by molar-refractivity contribution is 5.71. The van der Waals surface area contributed by atoms with E-state index >= 15 is 0 Å². The van der Waals surface area contributed by atoms with Crippen LogP contribution in [0, 0.1) is 0 Å². The Morgan fingerprint density at radius 1 is 0.929 bits per heavy atom. The number of esters is 1. The number of rotatable bonds is 12. The molecule has 7 nitrogen and oxygen atoms in total. The number of phenols is 1. The van der Waals surface area contributed by atoms with Gasteiger partial charge in [0, 0.05) is 13.0 Å². The van der Waals surface area contributed by atoms with Crippen molar-refractivity contribution in [2.45, 2.75) is 45.7 Å². The second kappa shape index (κ2) is 18.2. The lowest BCUT2D eigenvalue weighted by Crippen LogP contribution is -2.27. The van der Waals surface area contributed by atoms with Crippen molar-refractivity contribution in [2.24, 2.45) is 0 Å². The topological polar surface area (TPSA) is 83.5 Å². The number of allylic oxidation sites excluding steroid dienone is 2. The van der Waals surface area contributed by atoms with Gasteiger partial charge in [0.05, 0.1) is 6.61 Å². The van der Waals surface area contributed by atoms with Gasteiger partial charge in [0.25, 0.3) is 0 Å². The molecule has 0 aliphatic carbocycles. The zero-order valence-corrected chi connectivity index (χ0v) is 24.3. The molecule has 2 unspecified atom stereocenters. The molecule has 42 heavy (non-hydrogen) atoms. The molecule has 222 valence electrons. The molecule has 0 saturated carbocycles. The summed E-state index contributed by atoms with van der Waals surface area (Å²) in [5.74, 6) is 1.30. The largest absolute Gasteiger partial charge is 0.508 e. The smallest absolute Gasteiger partial charge is 0.346 e. The van der Waals surface area contributed by atoms with Crippen LogP contribution in [-0.2, 0) is 19.0 Å². The Labute approximate surface area is 248 Å². The van der Waals surface area contributed by atoms with Gasteiger partial charge in [-0.3, -0.25) is 0 Å². The molecule has 4 rings (SSSR count). The van der Waals surface area contributed by atoms with Crippen LogP contribution in [0.1, 0.15) is 49.8 Å². The van der Waals surface area contributed by atoms with Gasteiger partial charge in [0.15, 0.2) is 12.9 Å². The van der Waals surface area contributed by atoms with Crippen molar-refractivity contribution >= 4 is 24.2 Å². The number of carbonyl (C=O) groups is 1. The van der Waals surface area contributed by atoms with E-state index in [1.807, 2.05) is 86.7 Å². The van der Waals surface area contributed by atoms with E-state index in [4.69, 9.17) is 23.7 Å². The van der Waals surface area contributed by atoms with Crippen LogP contribution in [-0.4, -0.2) is 43.5 Å². The summed E-state index contributed by atoms with van der Waals surface area (Å²) in [6, 6.07) is 22.3. The first-order chi connectivity index (χ1) is 20.4. The Hall–Kier alpha value is -4.33. The maximum Gasteiger partial charge on any atom is 0.346 e. The molecule has 3 aromatic carbocycles. The molecule has 1 aliphatic rings. The summed E-state index contributed by atoms with van der Waals surface area (Å²) in [6.45, 7) is 8.68. The molecule has 1 heterocycles. The van der Waals surface area contributed by atoms with Crippen LogP contribution in [0.3, 0.4) is 0 Å². The van der Waals surface area contributed by atoms with E-state index in [1.165, 1.54) is 0 Å². The van der Waals surface area contributed by atoms with Crippen LogP contribution >= 0.6 is 0 Å². The van der Waals surface area contributed by atoms with Gasteiger partial charge in [-0.15, -0.1) is 0 Å². The van der Waals surface area contributed by atoms with E-state index < -0.39 is 12.3 Å². The summed E-state index contributed by atoms with van der Waals surface area (Å²) in [7, 11) is 0. The summed E-state index contributed by atoms with van der Waals surface area (Å²) in [5.41, 5.74) is 3.14. The van der Waals surface area contributed by atoms with E-state index in [9.17, 15) is 9.90 Å². The molecule has 0 amide bonds. The number of phenolic OH excluding ortho intramolecular Hbond substituents is 1. The molecule has 0 radical (unpaired) electrons. The van der Waals surface area contributed by atoms with Gasteiger partial charge in [-0.1, -0.05) is 73.4 Å². The fourth-order valence-electron chi connectivity index (χ4n) is 3.86. The second-order valence-electron chi connectivity index (χ2n) is 9.37. The summed E-state index contributed by atoms with van der Waals surface area (Å²) < 4.78 is 26.8. The minimum absolute atomic E-state index is 0.104. The van der Waals surface area contributed by atoms with Gasteiger partial charge >= 0.3 is 5.97 Å². The highest BCUT2D eigenvalue weighted by atomic mass is 16.7. The third-order valence-corrected chi connectivity index (χ3v) is 6.04. The van der Waals surface area contributed by atoms with E-state index in [0.29, 0.717) is 19.0 Å². The average molecular weight is 573 g/mol. The highest BCUT2D eigenvalue weighted by Gasteiger charge is 2.18. The molecular weight excluding hydrogens is 532 g/mol. The van der Waals surface area contributed by atoms with Crippen LogP contribution in [0.4, 0.5) is 0 Å². The van der Waals surface area contributed by atoms with Gasteiger partial charge in [-0.05, 0) is 79.8 Å². The summed E-state index contributed by atoms with van der Waals surface area (Å²) in [6.07, 6.45) is 11.9. The maximum atomic E-state index is 11.6. The van der Waals surface area contributed by atoms with Crippen LogP contribution in [0.2, 0.25) is 0 Å². The molecule has 1 fully saturated rings. The van der Waals surface area contributed by atoms with Gasteiger partial charge in [0.2, 0.25) is 6.29 Å². The standard InChI is InChI=1S/C20H22O3.C15H18O4/c1-3-22-16(2)23-20-14-10-18(11-15-20)7-5-4-6-17-8-12-19(21)13-9-17;1-2-12-6-8-13(9-7-12)18-11-14(16)19-15-5-3-4-10-17-15/h4-16,21H,3H2,1-2H3;2,6-9,15H,1,3-5,10-11H2. The molecule has 7 heteroatoms. The SMILES string of the molecule is C=Cc1ccc(OCC(=O)OC2CCCCO2)cc1.CCOC(C)Oc1ccc(C=CC=Cc2ccc(O)cc2)cc1. The molecule has 0 spiro atoms. The summed E-state index contributed by atoms with van der Waals surface area (Å²) in [5, 5.41) is 9.23. The number of ether oxygens (including phenoxy) is 5. The van der Waals surface area contributed by atoms with Crippen molar-refractivity contribution in [3.05, 3.63) is 108 Å². The van der Waals surface area contributed by atoms with Crippen molar-refractivity contribution in [1.82, 2.24) is 0 Å². The zero-order valence-electron chi connectivity index (χ0n) is 24.3. The molecule has 3 aromatic rings. The van der Waals surface area contributed by atoms with E-state index in [-0.39, 0.29) is 18.6 Å². The van der Waals surface area contributed by atoms with Gasteiger partial charge < -0.3 is 28.8 Å². The summed E-state index contributed by atoms with van der Waals surface area (Å²) in [4.78, 5) is 11.6. The Morgan fingerprint density at radius 3 is 2.10 bits per heavy atom. The van der Waals surface area contributed by atoms with E-state index in [1.54, 1.807) is 30.3 Å². The van der Waals surface area contributed by atoms with Crippen LogP contribution in [0.5, 0.6) is 17.2 Å². The van der Waals surface area contributed by atoms with E-state index in [2.05, 4.69) is 6.58 Å². The molecule has 1 aliphatic heterocycles. The maximum absolute atomic E-state index is 11.6. The Morgan fingerprint density at radius 2 is 1.52 bits per heavy atom. The first-order valence-electron chi connectivity index (χ1n) is 14.1. The number of benzene rings is 3. The third-order valence-electron chi connectivity index (χ3n) is 6.04. The molecule has 0 bridgehead atoms. The second-order valence-corrected chi connectivity index (χ2v) is 9.37. The number of carbonyl (C=O) groups excluding carboxylic acids is 1. The normalized spacial score (nSPS) is 15.4. The molecule has 0 aromatic heterocycles. The Balaban J connectivity index is 0.000000235. The van der Waals surface area contributed by atoms with Crippen molar-refractivity contribution in [1.29, 1.82) is 0 Å². The lowest BCUT2D eigenvalue weighted by Gasteiger charge is -2.22. The Kier molecular flexibility index (Phi) is 13.9. The van der Waals surface area contributed by atoms with Gasteiger partial charge in [0.1, 0.15) is 17.2 Å². The quantitative estimate of drug-likeness (QED) is 0.136. The summed E-state index contributed by atoms with van der Waals surface area (Å²) >= 11 is 0. The molecule has 1 saturated heterocycles.